The van der Waals surface area contributed by atoms with E-state index in [-0.39, 0.29) is 17.6 Å². The summed E-state index contributed by atoms with van der Waals surface area (Å²) < 4.78 is 2.14. The topological polar surface area (TPSA) is 78.7 Å². The Kier molecular flexibility index (Phi) is 3.91. The van der Waals surface area contributed by atoms with Gasteiger partial charge in [-0.2, -0.15) is 0 Å². The Morgan fingerprint density at radius 2 is 2.07 bits per heavy atom. The molecule has 0 bridgehead atoms. The van der Waals surface area contributed by atoms with E-state index in [2.05, 4.69) is 33.7 Å². The average Bonchev–Trinajstić information content (AvgIpc) is 3.28. The monoisotopic (exact) mass is 376 g/mol. The van der Waals surface area contributed by atoms with Gasteiger partial charge < -0.3 is 9.67 Å². The number of aliphatic carboxylic acids is 1. The number of carboxylic acid groups (broad SMARTS) is 1. The van der Waals surface area contributed by atoms with Crippen molar-refractivity contribution in [3.63, 3.8) is 0 Å². The van der Waals surface area contributed by atoms with Gasteiger partial charge in [-0.25, -0.2) is 9.78 Å². The number of imidazole rings is 1. The molecule has 1 amide bonds. The van der Waals surface area contributed by atoms with E-state index >= 15 is 0 Å². The third kappa shape index (κ3) is 2.75. The number of carbonyl (C=O) groups excluding carboxylic acids is 1. The van der Waals surface area contributed by atoms with E-state index in [0.29, 0.717) is 12.0 Å². The Bertz CT molecular complexity index is 1020. The van der Waals surface area contributed by atoms with Gasteiger partial charge in [0.2, 0.25) is 0 Å². The molecule has 0 aliphatic carbocycles. The van der Waals surface area contributed by atoms with Crippen LogP contribution in [0.25, 0.3) is 6.08 Å². The fraction of sp³-hybridized carbons (Fsp3) is 0.286. The zero-order chi connectivity index (χ0) is 19.3. The average molecular weight is 376 g/mol. The van der Waals surface area contributed by atoms with Crippen molar-refractivity contribution < 1.29 is 14.7 Å². The van der Waals surface area contributed by atoms with Gasteiger partial charge in [-0.05, 0) is 18.1 Å². The van der Waals surface area contributed by atoms with Crippen molar-refractivity contribution in [2.75, 3.05) is 6.54 Å². The summed E-state index contributed by atoms with van der Waals surface area (Å²) in [7, 11) is 0. The van der Waals surface area contributed by atoms with Gasteiger partial charge in [-0.1, -0.05) is 36.4 Å². The number of fused-ring (bicyclic) bond motifs is 2. The molecule has 3 aliphatic rings. The summed E-state index contributed by atoms with van der Waals surface area (Å²) >= 11 is 0. The largest absolute Gasteiger partial charge is 0.477 e. The molecular weight excluding hydrogens is 356 g/mol. The van der Waals surface area contributed by atoms with Crippen LogP contribution in [0.4, 0.5) is 0 Å². The quantitative estimate of drug-likeness (QED) is 0.651. The Morgan fingerprint density at radius 3 is 2.86 bits per heavy atom. The van der Waals surface area contributed by atoms with Gasteiger partial charge in [0.05, 0.1) is 18.3 Å². The first-order chi connectivity index (χ1) is 13.6. The fourth-order valence-electron chi connectivity index (χ4n) is 4.21. The van der Waals surface area contributed by atoms with E-state index in [4.69, 9.17) is 10.1 Å². The van der Waals surface area contributed by atoms with E-state index in [1.807, 2.05) is 18.3 Å². The zero-order valence-electron chi connectivity index (χ0n) is 15.3. The lowest BCUT2D eigenvalue weighted by atomic mass is 9.94. The first-order valence-corrected chi connectivity index (χ1v) is 9.41. The number of nitrogens with zero attached hydrogens (tertiary/aromatic N) is 4. The van der Waals surface area contributed by atoms with E-state index in [1.54, 1.807) is 6.08 Å². The maximum atomic E-state index is 12.4. The van der Waals surface area contributed by atoms with E-state index in [1.165, 1.54) is 10.5 Å². The third-order valence-electron chi connectivity index (χ3n) is 5.60. The lowest BCUT2D eigenvalue weighted by Gasteiger charge is -2.38. The highest BCUT2D eigenvalue weighted by Crippen LogP contribution is 2.39. The van der Waals surface area contributed by atoms with Gasteiger partial charge in [0, 0.05) is 31.4 Å². The minimum Gasteiger partial charge on any atom is -0.477 e. The smallest absolute Gasteiger partial charge is 0.352 e. The van der Waals surface area contributed by atoms with Crippen LogP contribution in [0.1, 0.15) is 23.5 Å². The Morgan fingerprint density at radius 1 is 1.25 bits per heavy atom. The molecule has 7 heteroatoms. The van der Waals surface area contributed by atoms with Crippen LogP contribution < -0.4 is 0 Å². The maximum absolute atomic E-state index is 12.4. The molecule has 0 unspecified atom stereocenters. The lowest BCUT2D eigenvalue weighted by Crippen LogP contribution is -2.52. The second-order valence-electron chi connectivity index (χ2n) is 7.39. The molecule has 3 aliphatic heterocycles. The van der Waals surface area contributed by atoms with Crippen molar-refractivity contribution >= 4 is 18.0 Å². The maximum Gasteiger partial charge on any atom is 0.352 e. The van der Waals surface area contributed by atoms with Crippen LogP contribution in [0.15, 0.2) is 53.9 Å². The molecule has 2 aromatic rings. The predicted octanol–water partition coefficient (Wildman–Crippen LogP) is 1.87. The van der Waals surface area contributed by atoms with E-state index in [9.17, 15) is 9.59 Å². The second-order valence-corrected chi connectivity index (χ2v) is 7.39. The molecule has 7 nitrogen and oxygen atoms in total. The standard InChI is InChI=1S/C21H20N4O3/c26-20-16(17-6-7-18(21(27)28)25(17)20)10-15-12-24-9-8-23(13-19(24)22-15)11-14-4-2-1-3-5-14/h1-5,7,10,12,17H,6,8-9,11,13H2,(H,27,28)/t17-/m1/s1. The van der Waals surface area contributed by atoms with Crippen LogP contribution in [0.2, 0.25) is 0 Å². The van der Waals surface area contributed by atoms with Crippen molar-refractivity contribution in [1.29, 1.82) is 0 Å². The summed E-state index contributed by atoms with van der Waals surface area (Å²) in [6, 6.07) is 10.2. The number of benzene rings is 1. The number of rotatable bonds is 4. The van der Waals surface area contributed by atoms with Crippen LogP contribution in [-0.4, -0.2) is 48.9 Å². The highest BCUT2D eigenvalue weighted by molar-refractivity contribution is 6.10. The van der Waals surface area contributed by atoms with Gasteiger partial charge in [0.25, 0.3) is 5.91 Å². The Hall–Kier alpha value is -3.19. The van der Waals surface area contributed by atoms with Crippen molar-refractivity contribution in [3.05, 3.63) is 71.0 Å². The van der Waals surface area contributed by atoms with Crippen molar-refractivity contribution in [1.82, 2.24) is 19.4 Å². The Labute approximate surface area is 162 Å². The van der Waals surface area contributed by atoms with E-state index < -0.39 is 5.97 Å². The molecule has 1 aromatic carbocycles. The molecule has 1 atom stereocenters. The van der Waals surface area contributed by atoms with Crippen LogP contribution in [0.3, 0.4) is 0 Å². The highest BCUT2D eigenvalue weighted by Gasteiger charge is 2.48. The zero-order valence-corrected chi connectivity index (χ0v) is 15.3. The van der Waals surface area contributed by atoms with Gasteiger partial charge >= 0.3 is 5.97 Å². The van der Waals surface area contributed by atoms with E-state index in [0.717, 1.165) is 37.7 Å². The number of aromatic nitrogens is 2. The predicted molar refractivity (Wildman–Crippen MR) is 102 cm³/mol. The SMILES string of the molecule is O=C(O)C1=CC[C@@H]2C(=Cc3cn4c(n3)CN(Cc3ccccc3)CC4)C(=O)N12. The summed E-state index contributed by atoms with van der Waals surface area (Å²) in [5, 5.41) is 9.17. The summed E-state index contributed by atoms with van der Waals surface area (Å²) in [5.74, 6) is -0.285. The van der Waals surface area contributed by atoms with Crippen LogP contribution >= 0.6 is 0 Å². The first kappa shape index (κ1) is 16.9. The van der Waals surface area contributed by atoms with Gasteiger partial charge in [-0.15, -0.1) is 0 Å². The third-order valence-corrected chi connectivity index (χ3v) is 5.60. The minimum atomic E-state index is -1.05. The van der Waals surface area contributed by atoms with Crippen molar-refractivity contribution in [3.8, 4) is 0 Å². The molecule has 1 fully saturated rings. The van der Waals surface area contributed by atoms with Gasteiger partial charge in [0.15, 0.2) is 0 Å². The molecule has 0 radical (unpaired) electrons. The van der Waals surface area contributed by atoms with Crippen molar-refractivity contribution in [2.45, 2.75) is 32.1 Å². The highest BCUT2D eigenvalue weighted by atomic mass is 16.4. The number of carboxylic acids is 1. The molecule has 0 spiro atoms. The first-order valence-electron chi connectivity index (χ1n) is 9.41. The van der Waals surface area contributed by atoms with Gasteiger partial charge in [-0.3, -0.25) is 14.6 Å². The summed E-state index contributed by atoms with van der Waals surface area (Å²) in [6.45, 7) is 3.48. The molecular formula is C21H20N4O3. The number of hydrogen-bond acceptors (Lipinski definition) is 4. The molecule has 5 rings (SSSR count). The minimum absolute atomic E-state index is 0.0906. The molecule has 28 heavy (non-hydrogen) atoms. The number of hydrogen-bond donors (Lipinski definition) is 1. The second kappa shape index (κ2) is 6.45. The number of β-lactam (4-membered cyclic amide) rings is 1. The van der Waals surface area contributed by atoms with Crippen LogP contribution in [0, 0.1) is 0 Å². The fourth-order valence-corrected chi connectivity index (χ4v) is 4.21. The number of amides is 1. The molecule has 1 aromatic heterocycles. The summed E-state index contributed by atoms with van der Waals surface area (Å²) in [6.07, 6.45) is 5.97. The molecule has 1 saturated heterocycles. The normalized spacial score (nSPS) is 22.6. The lowest BCUT2D eigenvalue weighted by molar-refractivity contribution is -0.142. The van der Waals surface area contributed by atoms with Crippen LogP contribution in [-0.2, 0) is 29.2 Å². The van der Waals surface area contributed by atoms with Crippen LogP contribution in [0.5, 0.6) is 0 Å². The Balaban J connectivity index is 1.30. The van der Waals surface area contributed by atoms with Gasteiger partial charge in [0.1, 0.15) is 11.5 Å². The summed E-state index contributed by atoms with van der Waals surface area (Å²) in [4.78, 5) is 32.0. The summed E-state index contributed by atoms with van der Waals surface area (Å²) in [5.41, 5.74) is 2.79. The molecule has 142 valence electrons. The molecule has 4 heterocycles. The molecule has 0 saturated carbocycles. The molecule has 1 N–H and O–H groups in total. The number of carbonyl (C=O) groups is 2. The van der Waals surface area contributed by atoms with Crippen molar-refractivity contribution in [2.24, 2.45) is 0 Å².